The van der Waals surface area contributed by atoms with Crippen LogP contribution in [0.1, 0.15) is 0 Å². The second-order valence-electron chi connectivity index (χ2n) is 12.1. The topological polar surface area (TPSA) is 3.24 Å². The Morgan fingerprint density at radius 2 is 0.875 bits per heavy atom. The first kappa shape index (κ1) is 28.3. The maximum atomic E-state index is 2.39. The second-order valence-corrected chi connectivity index (χ2v) is 13.2. The Kier molecular flexibility index (Phi) is 7.07. The summed E-state index contributed by atoms with van der Waals surface area (Å²) in [6, 6.07) is 68.0. The molecule has 0 saturated heterocycles. The lowest BCUT2D eigenvalue weighted by atomic mass is 9.96. The smallest absolute Gasteiger partial charge is 0.0540 e. The summed E-state index contributed by atoms with van der Waals surface area (Å²) in [6.45, 7) is 0. The van der Waals surface area contributed by atoms with E-state index in [1.165, 1.54) is 64.3 Å². The quantitative estimate of drug-likeness (QED) is 0.177. The zero-order valence-electron chi connectivity index (χ0n) is 26.3. The molecule has 226 valence electrons. The number of rotatable bonds is 6. The van der Waals surface area contributed by atoms with Gasteiger partial charge in [-0.15, -0.1) is 11.3 Å². The van der Waals surface area contributed by atoms with Crippen molar-refractivity contribution in [2.24, 2.45) is 0 Å². The van der Waals surface area contributed by atoms with Crippen LogP contribution in [-0.2, 0) is 0 Å². The van der Waals surface area contributed by atoms with Gasteiger partial charge in [0.15, 0.2) is 0 Å². The molecule has 0 fully saturated rings. The van der Waals surface area contributed by atoms with Crippen molar-refractivity contribution in [1.82, 2.24) is 0 Å². The highest BCUT2D eigenvalue weighted by Crippen LogP contribution is 2.46. The lowest BCUT2D eigenvalue weighted by Gasteiger charge is -2.28. The van der Waals surface area contributed by atoms with Gasteiger partial charge in [-0.2, -0.15) is 0 Å². The van der Waals surface area contributed by atoms with Crippen molar-refractivity contribution >= 4 is 59.3 Å². The summed E-state index contributed by atoms with van der Waals surface area (Å²) in [4.78, 5) is 2.39. The molecule has 1 heterocycles. The average Bonchev–Trinajstić information content (AvgIpc) is 3.55. The minimum absolute atomic E-state index is 1.12. The van der Waals surface area contributed by atoms with E-state index in [0.717, 1.165) is 17.1 Å². The Hall–Kier alpha value is -5.96. The molecular formula is C46H31NS. The van der Waals surface area contributed by atoms with Gasteiger partial charge in [0.2, 0.25) is 0 Å². The van der Waals surface area contributed by atoms with Crippen molar-refractivity contribution in [3.05, 3.63) is 188 Å². The number of benzene rings is 8. The van der Waals surface area contributed by atoms with Crippen LogP contribution in [0.25, 0.3) is 64.3 Å². The van der Waals surface area contributed by atoms with Crippen molar-refractivity contribution < 1.29 is 0 Å². The molecule has 0 unspecified atom stereocenters. The molecule has 0 saturated carbocycles. The van der Waals surface area contributed by atoms with Gasteiger partial charge in [0.05, 0.1) is 5.69 Å². The van der Waals surface area contributed by atoms with E-state index < -0.39 is 0 Å². The van der Waals surface area contributed by atoms with E-state index in [1.54, 1.807) is 0 Å². The number of anilines is 3. The van der Waals surface area contributed by atoms with Crippen LogP contribution in [0.4, 0.5) is 17.1 Å². The molecule has 0 amide bonds. The van der Waals surface area contributed by atoms with Crippen LogP contribution in [0.3, 0.4) is 0 Å². The fourth-order valence-corrected chi connectivity index (χ4v) is 8.15. The molecule has 0 N–H and O–H groups in total. The SMILES string of the molecule is c1ccc(N(c2ccc(-c3ccc(-c4cccc5ccccc45)cc3)cc2)c2ccccc2-c2cccc3sc4ccccc4c23)cc1. The van der Waals surface area contributed by atoms with E-state index in [1.807, 2.05) is 11.3 Å². The Balaban J connectivity index is 1.12. The molecular weight excluding hydrogens is 599 g/mol. The van der Waals surface area contributed by atoms with Crippen molar-refractivity contribution in [3.63, 3.8) is 0 Å². The predicted molar refractivity (Wildman–Crippen MR) is 208 cm³/mol. The van der Waals surface area contributed by atoms with E-state index in [2.05, 4.69) is 193 Å². The third-order valence-corrected chi connectivity index (χ3v) is 10.4. The molecule has 0 aliphatic heterocycles. The number of para-hydroxylation sites is 2. The van der Waals surface area contributed by atoms with Gasteiger partial charge in [0.1, 0.15) is 0 Å². The van der Waals surface area contributed by atoms with E-state index in [-0.39, 0.29) is 0 Å². The molecule has 0 bridgehead atoms. The fourth-order valence-electron chi connectivity index (χ4n) is 7.02. The van der Waals surface area contributed by atoms with Crippen LogP contribution in [0.15, 0.2) is 188 Å². The number of nitrogens with zero attached hydrogens (tertiary/aromatic N) is 1. The van der Waals surface area contributed by atoms with Crippen molar-refractivity contribution in [3.8, 4) is 33.4 Å². The second kappa shape index (κ2) is 12.0. The molecule has 0 aliphatic carbocycles. The normalized spacial score (nSPS) is 11.3. The summed E-state index contributed by atoms with van der Waals surface area (Å²) >= 11 is 1.86. The van der Waals surface area contributed by atoms with Crippen molar-refractivity contribution in [2.45, 2.75) is 0 Å². The van der Waals surface area contributed by atoms with Crippen LogP contribution >= 0.6 is 11.3 Å². The summed E-state index contributed by atoms with van der Waals surface area (Å²) in [5, 5.41) is 5.17. The first-order chi connectivity index (χ1) is 23.8. The van der Waals surface area contributed by atoms with Gasteiger partial charge in [-0.25, -0.2) is 0 Å². The van der Waals surface area contributed by atoms with E-state index in [0.29, 0.717) is 0 Å². The maximum absolute atomic E-state index is 2.39. The van der Waals surface area contributed by atoms with E-state index >= 15 is 0 Å². The zero-order chi connectivity index (χ0) is 31.9. The molecule has 0 spiro atoms. The molecule has 0 radical (unpaired) electrons. The van der Waals surface area contributed by atoms with Crippen molar-refractivity contribution in [2.75, 3.05) is 4.90 Å². The van der Waals surface area contributed by atoms with Crippen LogP contribution in [0.5, 0.6) is 0 Å². The standard InChI is InChI=1S/C46H31NS/c1-2-14-36(15-3-1)47(43-21-8-6-17-40(43)41-20-11-23-45-46(41)42-18-7-9-22-44(42)48-45)37-30-28-33(29-31-37)32-24-26-35(27-25-32)39-19-10-13-34-12-4-5-16-38(34)39/h1-31H. The highest BCUT2D eigenvalue weighted by atomic mass is 32.1. The predicted octanol–water partition coefficient (Wildman–Crippen LogP) is 13.7. The van der Waals surface area contributed by atoms with Gasteiger partial charge in [-0.3, -0.25) is 0 Å². The van der Waals surface area contributed by atoms with Crippen LogP contribution in [0.2, 0.25) is 0 Å². The molecule has 48 heavy (non-hydrogen) atoms. The number of thiophene rings is 1. The lowest BCUT2D eigenvalue weighted by molar-refractivity contribution is 1.28. The van der Waals surface area contributed by atoms with Gasteiger partial charge < -0.3 is 4.90 Å². The maximum Gasteiger partial charge on any atom is 0.0540 e. The molecule has 1 nitrogen and oxygen atoms in total. The molecule has 8 aromatic carbocycles. The molecule has 0 atom stereocenters. The third-order valence-electron chi connectivity index (χ3n) is 9.30. The summed E-state index contributed by atoms with van der Waals surface area (Å²) in [5.41, 5.74) is 10.7. The minimum atomic E-state index is 1.12. The molecule has 1 aromatic heterocycles. The molecule has 9 rings (SSSR count). The number of hydrogen-bond acceptors (Lipinski definition) is 2. The summed E-state index contributed by atoms with van der Waals surface area (Å²) in [5.74, 6) is 0. The zero-order valence-corrected chi connectivity index (χ0v) is 27.1. The summed E-state index contributed by atoms with van der Waals surface area (Å²) < 4.78 is 2.63. The van der Waals surface area contributed by atoms with Gasteiger partial charge in [-0.05, 0) is 81.1 Å². The summed E-state index contributed by atoms with van der Waals surface area (Å²) in [6.07, 6.45) is 0. The van der Waals surface area contributed by atoms with Gasteiger partial charge in [0, 0.05) is 37.1 Å². The molecule has 2 heteroatoms. The van der Waals surface area contributed by atoms with Gasteiger partial charge in [-0.1, -0.05) is 146 Å². The van der Waals surface area contributed by atoms with Crippen molar-refractivity contribution in [1.29, 1.82) is 0 Å². The largest absolute Gasteiger partial charge is 0.310 e. The highest BCUT2D eigenvalue weighted by Gasteiger charge is 2.19. The fraction of sp³-hybridized carbons (Fsp3) is 0. The van der Waals surface area contributed by atoms with Crippen LogP contribution < -0.4 is 4.90 Å². The van der Waals surface area contributed by atoms with Gasteiger partial charge in [0.25, 0.3) is 0 Å². The Bertz CT molecular complexity index is 2540. The first-order valence-corrected chi connectivity index (χ1v) is 17.2. The number of hydrogen-bond donors (Lipinski definition) is 0. The number of fused-ring (bicyclic) bond motifs is 4. The Labute approximate surface area is 284 Å². The first-order valence-electron chi connectivity index (χ1n) is 16.4. The Morgan fingerprint density at radius 1 is 0.333 bits per heavy atom. The third kappa shape index (κ3) is 4.95. The summed E-state index contributed by atoms with van der Waals surface area (Å²) in [7, 11) is 0. The van der Waals surface area contributed by atoms with Crippen LogP contribution in [-0.4, -0.2) is 0 Å². The van der Waals surface area contributed by atoms with E-state index in [4.69, 9.17) is 0 Å². The van der Waals surface area contributed by atoms with Crippen LogP contribution in [0, 0.1) is 0 Å². The Morgan fingerprint density at radius 3 is 1.71 bits per heavy atom. The highest BCUT2D eigenvalue weighted by molar-refractivity contribution is 7.25. The molecule has 9 aromatic rings. The van der Waals surface area contributed by atoms with Gasteiger partial charge >= 0.3 is 0 Å². The van der Waals surface area contributed by atoms with E-state index in [9.17, 15) is 0 Å². The lowest BCUT2D eigenvalue weighted by Crippen LogP contribution is -2.11. The monoisotopic (exact) mass is 629 g/mol. The minimum Gasteiger partial charge on any atom is -0.310 e. The average molecular weight is 630 g/mol. The molecule has 0 aliphatic rings.